The average Bonchev–Trinajstić information content (AvgIpc) is 3.26. The number of nitrogens with one attached hydrogen (secondary N) is 1. The van der Waals surface area contributed by atoms with Crippen LogP contribution in [0, 0.1) is 0 Å². The molecule has 0 radical (unpaired) electrons. The number of fused-ring (bicyclic) bond motifs is 1. The highest BCUT2D eigenvalue weighted by molar-refractivity contribution is 7.92. The number of rotatable bonds is 7. The van der Waals surface area contributed by atoms with Gasteiger partial charge in [0.15, 0.2) is 0 Å². The number of hydrogen-bond acceptors (Lipinski definition) is 3. The minimum Gasteiger partial charge on any atom is -0.322 e. The lowest BCUT2D eigenvalue weighted by molar-refractivity contribution is 0.102. The van der Waals surface area contributed by atoms with Gasteiger partial charge in [0, 0.05) is 11.3 Å². The van der Waals surface area contributed by atoms with E-state index in [0.717, 1.165) is 24.9 Å². The molecule has 3 aromatic rings. The fourth-order valence-electron chi connectivity index (χ4n) is 3.83. The van der Waals surface area contributed by atoms with E-state index in [1.165, 1.54) is 33.6 Å². The smallest absolute Gasteiger partial charge is 0.264 e. The largest absolute Gasteiger partial charge is 0.322 e. The maximum atomic E-state index is 13.3. The summed E-state index contributed by atoms with van der Waals surface area (Å²) in [5, 5.41) is 2.89. The van der Waals surface area contributed by atoms with Crippen LogP contribution >= 0.6 is 0 Å². The van der Waals surface area contributed by atoms with Gasteiger partial charge in [0.1, 0.15) is 0 Å². The van der Waals surface area contributed by atoms with Gasteiger partial charge in [-0.25, -0.2) is 8.42 Å². The summed E-state index contributed by atoms with van der Waals surface area (Å²) in [6, 6.07) is 20.9. The molecule has 3 aromatic carbocycles. The molecule has 4 rings (SSSR count). The molecule has 0 aliphatic heterocycles. The maximum absolute atomic E-state index is 13.3. The monoisotopic (exact) mass is 432 g/mol. The second-order valence-electron chi connectivity index (χ2n) is 7.48. The molecular formula is C25H24N2O3S. The van der Waals surface area contributed by atoms with Crippen molar-refractivity contribution < 1.29 is 13.2 Å². The van der Waals surface area contributed by atoms with Crippen LogP contribution in [0.5, 0.6) is 0 Å². The Labute approximate surface area is 183 Å². The molecule has 1 aliphatic rings. The topological polar surface area (TPSA) is 66.5 Å². The highest BCUT2D eigenvalue weighted by atomic mass is 32.2. The third-order valence-corrected chi connectivity index (χ3v) is 7.17. The zero-order valence-electron chi connectivity index (χ0n) is 17.1. The van der Waals surface area contributed by atoms with Gasteiger partial charge in [-0.1, -0.05) is 36.4 Å². The van der Waals surface area contributed by atoms with Gasteiger partial charge in [-0.2, -0.15) is 0 Å². The van der Waals surface area contributed by atoms with E-state index < -0.39 is 10.0 Å². The predicted molar refractivity (Wildman–Crippen MR) is 124 cm³/mol. The van der Waals surface area contributed by atoms with Crippen LogP contribution in [0.15, 0.2) is 90.3 Å². The lowest BCUT2D eigenvalue weighted by Crippen LogP contribution is -2.31. The lowest BCUT2D eigenvalue weighted by Gasteiger charge is -2.23. The van der Waals surface area contributed by atoms with Gasteiger partial charge in [-0.3, -0.25) is 9.10 Å². The fraction of sp³-hybridized carbons (Fsp3) is 0.160. The van der Waals surface area contributed by atoms with Gasteiger partial charge in [0.25, 0.3) is 15.9 Å². The van der Waals surface area contributed by atoms with Crippen LogP contribution in [-0.4, -0.2) is 20.9 Å². The summed E-state index contributed by atoms with van der Waals surface area (Å²) < 4.78 is 27.9. The Kier molecular flexibility index (Phi) is 5.91. The molecule has 31 heavy (non-hydrogen) atoms. The molecule has 1 aliphatic carbocycles. The lowest BCUT2D eigenvalue weighted by atomic mass is 10.1. The van der Waals surface area contributed by atoms with Crippen molar-refractivity contribution in [2.45, 2.75) is 24.2 Å². The quantitative estimate of drug-likeness (QED) is 0.545. The molecule has 0 spiro atoms. The van der Waals surface area contributed by atoms with E-state index >= 15 is 0 Å². The van der Waals surface area contributed by atoms with Crippen molar-refractivity contribution in [1.29, 1.82) is 0 Å². The van der Waals surface area contributed by atoms with Crippen molar-refractivity contribution in [3.63, 3.8) is 0 Å². The number of sulfonamides is 1. The molecule has 158 valence electrons. The van der Waals surface area contributed by atoms with Gasteiger partial charge in [0.2, 0.25) is 0 Å². The second-order valence-corrected chi connectivity index (χ2v) is 9.34. The third kappa shape index (κ3) is 4.39. The first-order valence-corrected chi connectivity index (χ1v) is 11.6. The number of hydrogen-bond donors (Lipinski definition) is 1. The molecule has 0 unspecified atom stereocenters. The Morgan fingerprint density at radius 2 is 1.74 bits per heavy atom. The van der Waals surface area contributed by atoms with E-state index in [-0.39, 0.29) is 22.9 Å². The summed E-state index contributed by atoms with van der Waals surface area (Å²) >= 11 is 0. The van der Waals surface area contributed by atoms with E-state index in [4.69, 9.17) is 0 Å². The van der Waals surface area contributed by atoms with E-state index in [2.05, 4.69) is 11.9 Å². The minimum absolute atomic E-state index is 0.0554. The van der Waals surface area contributed by atoms with Gasteiger partial charge in [0.05, 0.1) is 17.1 Å². The third-order valence-electron chi connectivity index (χ3n) is 5.38. The van der Waals surface area contributed by atoms with E-state index in [1.807, 2.05) is 24.3 Å². The Bertz CT molecular complexity index is 1220. The molecule has 6 heteroatoms. The van der Waals surface area contributed by atoms with E-state index in [9.17, 15) is 13.2 Å². The summed E-state index contributed by atoms with van der Waals surface area (Å²) in [6.07, 6.45) is 4.77. The summed E-state index contributed by atoms with van der Waals surface area (Å²) in [4.78, 5) is 12.9. The van der Waals surface area contributed by atoms with E-state index in [0.29, 0.717) is 5.69 Å². The number of carbonyl (C=O) groups excluding carboxylic acids is 1. The van der Waals surface area contributed by atoms with Crippen LogP contribution in [0.1, 0.15) is 27.9 Å². The van der Waals surface area contributed by atoms with Gasteiger partial charge >= 0.3 is 0 Å². The van der Waals surface area contributed by atoms with Crippen molar-refractivity contribution in [2.24, 2.45) is 0 Å². The number of benzene rings is 3. The molecule has 5 nitrogen and oxygen atoms in total. The fourth-order valence-corrected chi connectivity index (χ4v) is 5.31. The zero-order chi connectivity index (χ0) is 21.8. The molecule has 0 saturated heterocycles. The molecular weight excluding hydrogens is 408 g/mol. The van der Waals surface area contributed by atoms with Crippen molar-refractivity contribution >= 4 is 27.3 Å². The zero-order valence-corrected chi connectivity index (χ0v) is 17.9. The van der Waals surface area contributed by atoms with Crippen molar-refractivity contribution in [2.75, 3.05) is 16.2 Å². The summed E-state index contributed by atoms with van der Waals surface area (Å²) in [5.74, 6) is -0.343. The van der Waals surface area contributed by atoms with Crippen LogP contribution in [0.3, 0.4) is 0 Å². The number of amides is 1. The van der Waals surface area contributed by atoms with Crippen molar-refractivity contribution in [3.8, 4) is 0 Å². The average molecular weight is 433 g/mol. The highest BCUT2D eigenvalue weighted by Gasteiger charge is 2.25. The molecule has 0 fully saturated rings. The first-order valence-electron chi connectivity index (χ1n) is 10.2. The van der Waals surface area contributed by atoms with Crippen LogP contribution < -0.4 is 9.62 Å². The van der Waals surface area contributed by atoms with Gasteiger partial charge in [-0.15, -0.1) is 6.58 Å². The van der Waals surface area contributed by atoms with Crippen LogP contribution in [-0.2, 0) is 22.9 Å². The number of carbonyl (C=O) groups is 1. The number of aryl methyl sites for hydroxylation is 2. The summed E-state index contributed by atoms with van der Waals surface area (Å²) in [6.45, 7) is 3.80. The molecule has 0 atom stereocenters. The Balaban J connectivity index is 1.60. The molecule has 0 heterocycles. The Hall–Kier alpha value is -3.38. The standard InChI is InChI=1S/C25H24N2O3S/c1-2-16-27(23-11-4-3-5-12-23)31(29,30)24-13-7-10-21(18-24)25(28)26-22-15-14-19-8-6-9-20(19)17-22/h2-5,7,10-15,17-18H,1,6,8-9,16H2,(H,26,28). The predicted octanol–water partition coefficient (Wildman–Crippen LogP) is 4.81. The van der Waals surface area contributed by atoms with Gasteiger partial charge < -0.3 is 5.32 Å². The summed E-state index contributed by atoms with van der Waals surface area (Å²) in [5.41, 5.74) is 4.13. The molecule has 0 saturated carbocycles. The molecule has 0 bridgehead atoms. The SMILES string of the molecule is C=CCN(c1ccccc1)S(=O)(=O)c1cccc(C(=O)Nc2ccc3c(c2)CCC3)c1. The van der Waals surface area contributed by atoms with Crippen LogP contribution in [0.2, 0.25) is 0 Å². The number of anilines is 2. The minimum atomic E-state index is -3.87. The summed E-state index contributed by atoms with van der Waals surface area (Å²) in [7, 11) is -3.87. The van der Waals surface area contributed by atoms with Crippen LogP contribution in [0.4, 0.5) is 11.4 Å². The maximum Gasteiger partial charge on any atom is 0.264 e. The van der Waals surface area contributed by atoms with Crippen molar-refractivity contribution in [1.82, 2.24) is 0 Å². The Morgan fingerprint density at radius 1 is 0.968 bits per heavy atom. The first kappa shape index (κ1) is 20.9. The first-order chi connectivity index (χ1) is 15.0. The van der Waals surface area contributed by atoms with Crippen molar-refractivity contribution in [3.05, 3.63) is 102 Å². The molecule has 1 amide bonds. The molecule has 0 aromatic heterocycles. The second kappa shape index (κ2) is 8.78. The van der Waals surface area contributed by atoms with Crippen LogP contribution in [0.25, 0.3) is 0 Å². The van der Waals surface area contributed by atoms with E-state index in [1.54, 1.807) is 36.4 Å². The highest BCUT2D eigenvalue weighted by Crippen LogP contribution is 2.26. The van der Waals surface area contributed by atoms with Gasteiger partial charge in [-0.05, 0) is 72.9 Å². The number of nitrogens with zero attached hydrogens (tertiary/aromatic N) is 1. The Morgan fingerprint density at radius 3 is 2.52 bits per heavy atom. The normalized spacial score (nSPS) is 12.8. The number of para-hydroxylation sites is 1. The molecule has 1 N–H and O–H groups in total.